The first-order valence-corrected chi connectivity index (χ1v) is 6.41. The van der Waals surface area contributed by atoms with Gasteiger partial charge in [0.05, 0.1) is 11.6 Å². The van der Waals surface area contributed by atoms with E-state index in [2.05, 4.69) is 17.1 Å². The lowest BCUT2D eigenvalue weighted by Crippen LogP contribution is -1.97. The molecule has 4 heteroatoms. The molecule has 0 saturated heterocycles. The van der Waals surface area contributed by atoms with Gasteiger partial charge in [-0.25, -0.2) is 4.98 Å². The minimum atomic E-state index is 0.322. The predicted molar refractivity (Wildman–Crippen MR) is 72.2 cm³/mol. The average molecular weight is 261 g/mol. The van der Waals surface area contributed by atoms with Gasteiger partial charge < -0.3 is 4.74 Å². The summed E-state index contributed by atoms with van der Waals surface area (Å²) in [6.07, 6.45) is 2.97. The summed E-state index contributed by atoms with van der Waals surface area (Å²) >= 11 is 0. The van der Waals surface area contributed by atoms with E-state index in [9.17, 15) is 5.26 Å². The second-order valence-corrected chi connectivity index (χ2v) is 4.65. The molecule has 0 radical (unpaired) electrons. The Kier molecular flexibility index (Phi) is 3.07. The lowest BCUT2D eigenvalue weighted by Gasteiger charge is -2.08. The number of aryl methyl sites for hydroxylation is 2. The molecule has 96 valence electrons. The van der Waals surface area contributed by atoms with Gasteiger partial charge in [0.15, 0.2) is 0 Å². The van der Waals surface area contributed by atoms with E-state index in [1.807, 2.05) is 6.07 Å². The van der Waals surface area contributed by atoms with Gasteiger partial charge in [-0.15, -0.1) is 0 Å². The molecule has 1 aliphatic carbocycles. The Morgan fingerprint density at radius 2 is 2.00 bits per heavy atom. The minimum Gasteiger partial charge on any atom is -0.438 e. The molecule has 0 atom stereocenters. The Bertz CT molecular complexity index is 753. The molecule has 1 heterocycles. The molecular formula is C16H11N3O. The predicted octanol–water partition coefficient (Wildman–Crippen LogP) is 3.11. The largest absolute Gasteiger partial charge is 0.438 e. The Balaban J connectivity index is 1.98. The van der Waals surface area contributed by atoms with Crippen LogP contribution in [0.3, 0.4) is 0 Å². The first-order chi connectivity index (χ1) is 9.80. The van der Waals surface area contributed by atoms with Gasteiger partial charge in [-0.2, -0.15) is 10.5 Å². The van der Waals surface area contributed by atoms with Gasteiger partial charge in [0, 0.05) is 5.69 Å². The van der Waals surface area contributed by atoms with Crippen LogP contribution in [0.25, 0.3) is 0 Å². The maximum absolute atomic E-state index is 9.21. The van der Waals surface area contributed by atoms with Gasteiger partial charge >= 0.3 is 0 Å². The number of pyridine rings is 1. The maximum atomic E-state index is 9.21. The van der Waals surface area contributed by atoms with Crippen molar-refractivity contribution in [2.24, 2.45) is 0 Å². The van der Waals surface area contributed by atoms with Crippen molar-refractivity contribution in [3.05, 3.63) is 52.7 Å². The topological polar surface area (TPSA) is 69.7 Å². The van der Waals surface area contributed by atoms with Crippen molar-refractivity contribution in [2.45, 2.75) is 19.3 Å². The van der Waals surface area contributed by atoms with Crippen molar-refractivity contribution in [3.63, 3.8) is 0 Å². The maximum Gasteiger partial charge on any atom is 0.237 e. The lowest BCUT2D eigenvalue weighted by molar-refractivity contribution is 0.459. The van der Waals surface area contributed by atoms with Crippen LogP contribution in [0.2, 0.25) is 0 Å². The van der Waals surface area contributed by atoms with Gasteiger partial charge in [0.25, 0.3) is 0 Å². The molecule has 4 nitrogen and oxygen atoms in total. The fourth-order valence-corrected chi connectivity index (χ4v) is 2.35. The number of benzene rings is 1. The van der Waals surface area contributed by atoms with Crippen LogP contribution in [-0.4, -0.2) is 4.98 Å². The Labute approximate surface area is 116 Å². The van der Waals surface area contributed by atoms with Gasteiger partial charge in [-0.1, -0.05) is 6.07 Å². The number of hydrogen-bond donors (Lipinski definition) is 0. The van der Waals surface area contributed by atoms with E-state index in [0.717, 1.165) is 30.5 Å². The normalized spacial score (nSPS) is 12.3. The molecule has 1 aromatic heterocycles. The molecule has 2 aromatic rings. The highest BCUT2D eigenvalue weighted by molar-refractivity contribution is 5.46. The average Bonchev–Trinajstić information content (AvgIpc) is 2.93. The monoisotopic (exact) mass is 261 g/mol. The fourth-order valence-electron chi connectivity index (χ4n) is 2.35. The molecule has 0 fully saturated rings. The molecular weight excluding hydrogens is 250 g/mol. The third-order valence-electron chi connectivity index (χ3n) is 3.31. The summed E-state index contributed by atoms with van der Waals surface area (Å²) in [6, 6.07) is 12.9. The van der Waals surface area contributed by atoms with Gasteiger partial charge in [0.2, 0.25) is 5.88 Å². The number of ether oxygens (including phenoxy) is 1. The smallest absolute Gasteiger partial charge is 0.237 e. The first kappa shape index (κ1) is 12.2. The summed E-state index contributed by atoms with van der Waals surface area (Å²) in [6.45, 7) is 0. The Morgan fingerprint density at radius 1 is 1.10 bits per heavy atom. The van der Waals surface area contributed by atoms with Gasteiger partial charge in [-0.05, 0) is 49.1 Å². The number of nitriles is 2. The Morgan fingerprint density at radius 3 is 2.80 bits per heavy atom. The molecule has 1 aromatic carbocycles. The number of rotatable bonds is 2. The number of aromatic nitrogens is 1. The highest BCUT2D eigenvalue weighted by Gasteiger charge is 2.17. The van der Waals surface area contributed by atoms with Crippen LogP contribution in [0.1, 0.15) is 28.8 Å². The zero-order valence-corrected chi connectivity index (χ0v) is 10.8. The van der Waals surface area contributed by atoms with Crippen LogP contribution in [0.5, 0.6) is 11.6 Å². The van der Waals surface area contributed by atoms with Crippen molar-refractivity contribution < 1.29 is 4.74 Å². The summed E-state index contributed by atoms with van der Waals surface area (Å²) in [5.41, 5.74) is 3.10. The number of nitrogens with zero attached hydrogens (tertiary/aromatic N) is 3. The SMILES string of the molecule is N#Cc1cccc(Oc2nc3c(cc2C#N)CCC3)c1. The molecule has 20 heavy (non-hydrogen) atoms. The van der Waals surface area contributed by atoms with E-state index in [-0.39, 0.29) is 0 Å². The first-order valence-electron chi connectivity index (χ1n) is 6.41. The molecule has 0 bridgehead atoms. The van der Waals surface area contributed by atoms with Crippen molar-refractivity contribution in [3.8, 4) is 23.8 Å². The summed E-state index contributed by atoms with van der Waals surface area (Å²) in [5, 5.41) is 18.1. The van der Waals surface area contributed by atoms with Crippen molar-refractivity contribution in [1.29, 1.82) is 10.5 Å². The van der Waals surface area contributed by atoms with E-state index >= 15 is 0 Å². The number of fused-ring (bicyclic) bond motifs is 1. The molecule has 0 N–H and O–H groups in total. The van der Waals surface area contributed by atoms with Crippen LogP contribution in [0.15, 0.2) is 30.3 Å². The van der Waals surface area contributed by atoms with Crippen molar-refractivity contribution >= 4 is 0 Å². The molecule has 0 amide bonds. The van der Waals surface area contributed by atoms with Crippen molar-refractivity contribution in [1.82, 2.24) is 4.98 Å². The van der Waals surface area contributed by atoms with Gasteiger partial charge in [-0.3, -0.25) is 0 Å². The zero-order valence-electron chi connectivity index (χ0n) is 10.8. The van der Waals surface area contributed by atoms with Crippen LogP contribution in [0.4, 0.5) is 0 Å². The van der Waals surface area contributed by atoms with E-state index in [1.54, 1.807) is 24.3 Å². The third kappa shape index (κ3) is 2.20. The van der Waals surface area contributed by atoms with E-state index in [1.165, 1.54) is 0 Å². The zero-order chi connectivity index (χ0) is 13.9. The van der Waals surface area contributed by atoms with E-state index in [0.29, 0.717) is 22.8 Å². The molecule has 0 saturated carbocycles. The van der Waals surface area contributed by atoms with Crippen LogP contribution < -0.4 is 4.74 Å². The fraction of sp³-hybridized carbons (Fsp3) is 0.188. The van der Waals surface area contributed by atoms with Crippen LogP contribution in [0, 0.1) is 22.7 Å². The van der Waals surface area contributed by atoms with Gasteiger partial charge in [0.1, 0.15) is 17.4 Å². The Hall–Kier alpha value is -2.85. The van der Waals surface area contributed by atoms with E-state index < -0.39 is 0 Å². The summed E-state index contributed by atoms with van der Waals surface area (Å²) in [4.78, 5) is 4.45. The van der Waals surface area contributed by atoms with Crippen molar-refractivity contribution in [2.75, 3.05) is 0 Å². The second-order valence-electron chi connectivity index (χ2n) is 4.65. The third-order valence-corrected chi connectivity index (χ3v) is 3.31. The molecule has 3 rings (SSSR count). The lowest BCUT2D eigenvalue weighted by atomic mass is 10.1. The standard InChI is InChI=1S/C16H11N3O/c17-9-11-3-1-5-14(7-11)20-16-13(10-18)8-12-4-2-6-15(12)19-16/h1,3,5,7-8H,2,4,6H2. The summed E-state index contributed by atoms with van der Waals surface area (Å²) < 4.78 is 5.68. The minimum absolute atomic E-state index is 0.322. The molecule has 0 unspecified atom stereocenters. The molecule has 0 spiro atoms. The van der Waals surface area contributed by atoms with E-state index in [4.69, 9.17) is 10.00 Å². The van der Waals surface area contributed by atoms with Crippen LogP contribution >= 0.6 is 0 Å². The number of hydrogen-bond acceptors (Lipinski definition) is 4. The summed E-state index contributed by atoms with van der Waals surface area (Å²) in [7, 11) is 0. The van der Waals surface area contributed by atoms with Crippen LogP contribution in [-0.2, 0) is 12.8 Å². The molecule has 0 aliphatic heterocycles. The highest BCUT2D eigenvalue weighted by atomic mass is 16.5. The summed E-state index contributed by atoms with van der Waals surface area (Å²) in [5.74, 6) is 0.842. The quantitative estimate of drug-likeness (QED) is 0.832. The highest BCUT2D eigenvalue weighted by Crippen LogP contribution is 2.29. The second kappa shape index (κ2) is 5.03. The molecule has 1 aliphatic rings.